The van der Waals surface area contributed by atoms with E-state index in [-0.39, 0.29) is 35.0 Å². The summed E-state index contributed by atoms with van der Waals surface area (Å²) < 4.78 is 66.5. The van der Waals surface area contributed by atoms with Crippen molar-refractivity contribution in [3.63, 3.8) is 0 Å². The number of hydrogen-bond donors (Lipinski definition) is 6. The fraction of sp³-hybridized carbons (Fsp3) is 0.222. The molecule has 2 saturated heterocycles. The number of rotatable bonds is 6. The van der Waals surface area contributed by atoms with Gasteiger partial charge in [-0.25, -0.2) is 17.6 Å². The van der Waals surface area contributed by atoms with Crippen molar-refractivity contribution in [2.45, 2.75) is 12.2 Å². The van der Waals surface area contributed by atoms with E-state index in [1.807, 2.05) is 0 Å². The highest BCUT2D eigenvalue weighted by Gasteiger charge is 2.21. The predicted octanol–water partition coefficient (Wildman–Crippen LogP) is 5.51. The van der Waals surface area contributed by atoms with E-state index in [1.54, 1.807) is 12.1 Å². The van der Waals surface area contributed by atoms with Crippen LogP contribution in [-0.2, 0) is 9.47 Å². The quantitative estimate of drug-likeness (QED) is 0.123. The van der Waals surface area contributed by atoms with Crippen LogP contribution in [0.4, 0.5) is 28.9 Å². The summed E-state index contributed by atoms with van der Waals surface area (Å²) in [6, 6.07) is 17.0. The molecular weight excluding hydrogens is 684 g/mol. The number of aromatic amines is 2. The second-order valence-electron chi connectivity index (χ2n) is 12.0. The Balaban J connectivity index is 0.000000162. The summed E-state index contributed by atoms with van der Waals surface area (Å²) in [5.74, 6) is -3.15. The van der Waals surface area contributed by atoms with Crippen LogP contribution in [0.2, 0.25) is 0 Å². The number of halogens is 4. The number of benzene rings is 4. The number of amides is 2. The summed E-state index contributed by atoms with van der Waals surface area (Å²) in [5, 5.41) is 25.3. The zero-order valence-electron chi connectivity index (χ0n) is 27.4. The van der Waals surface area contributed by atoms with Crippen molar-refractivity contribution in [3.8, 4) is 0 Å². The molecule has 0 aliphatic carbocycles. The van der Waals surface area contributed by atoms with Gasteiger partial charge in [-0.05, 0) is 71.8 Å². The van der Waals surface area contributed by atoms with Crippen molar-refractivity contribution in [2.24, 2.45) is 0 Å². The molecule has 0 radical (unpaired) electrons. The van der Waals surface area contributed by atoms with E-state index < -0.39 is 35.1 Å². The van der Waals surface area contributed by atoms with Gasteiger partial charge in [0.05, 0.1) is 47.8 Å². The van der Waals surface area contributed by atoms with Crippen molar-refractivity contribution in [1.82, 2.24) is 31.0 Å². The van der Waals surface area contributed by atoms with Crippen molar-refractivity contribution >= 4 is 45.0 Å². The number of carbonyl (C=O) groups excluding carboxylic acids is 2. The molecule has 52 heavy (non-hydrogen) atoms. The molecule has 6 N–H and O–H groups in total. The highest BCUT2D eigenvalue weighted by atomic mass is 19.1. The SMILES string of the molecule is O=C(Nc1ccc([C@@H]2CNCCO2)cc1F)c1n[nH]c2cc(F)ccc12.O=C(Nc1ccc([C@H]2CNCCO2)cc1F)c1n[nH]c2cc(F)ccc12. The van der Waals surface area contributed by atoms with Gasteiger partial charge in [-0.1, -0.05) is 12.1 Å². The summed E-state index contributed by atoms with van der Waals surface area (Å²) in [7, 11) is 0. The van der Waals surface area contributed by atoms with Crippen molar-refractivity contribution in [2.75, 3.05) is 50.0 Å². The van der Waals surface area contributed by atoms with Gasteiger partial charge in [0.25, 0.3) is 11.8 Å². The van der Waals surface area contributed by atoms with Gasteiger partial charge in [0.2, 0.25) is 0 Å². The molecule has 6 aromatic rings. The topological polar surface area (TPSA) is 158 Å². The Morgan fingerprint density at radius 2 is 1.06 bits per heavy atom. The van der Waals surface area contributed by atoms with Gasteiger partial charge in [-0.15, -0.1) is 0 Å². The van der Waals surface area contributed by atoms with E-state index in [9.17, 15) is 27.2 Å². The lowest BCUT2D eigenvalue weighted by molar-refractivity contribution is 0.0275. The van der Waals surface area contributed by atoms with Gasteiger partial charge < -0.3 is 30.7 Å². The summed E-state index contributed by atoms with van der Waals surface area (Å²) in [6.45, 7) is 3.90. The van der Waals surface area contributed by atoms with Crippen molar-refractivity contribution in [1.29, 1.82) is 0 Å². The van der Waals surface area contributed by atoms with E-state index in [4.69, 9.17) is 9.47 Å². The number of hydrogen-bond acceptors (Lipinski definition) is 8. The second-order valence-corrected chi connectivity index (χ2v) is 12.0. The summed E-state index contributed by atoms with van der Waals surface area (Å²) in [6.07, 6.45) is -0.429. The van der Waals surface area contributed by atoms with Crippen LogP contribution < -0.4 is 21.3 Å². The van der Waals surface area contributed by atoms with Gasteiger partial charge in [-0.2, -0.15) is 10.2 Å². The Kier molecular flexibility index (Phi) is 10.2. The fourth-order valence-corrected chi connectivity index (χ4v) is 5.92. The van der Waals surface area contributed by atoms with Crippen LogP contribution in [0.1, 0.15) is 44.3 Å². The normalized spacial score (nSPS) is 17.4. The lowest BCUT2D eigenvalue weighted by atomic mass is 10.1. The summed E-state index contributed by atoms with van der Waals surface area (Å²) >= 11 is 0. The molecule has 2 aliphatic rings. The second kappa shape index (κ2) is 15.3. The molecule has 2 aliphatic heterocycles. The minimum Gasteiger partial charge on any atom is -0.371 e. The summed E-state index contributed by atoms with van der Waals surface area (Å²) in [4.78, 5) is 24.8. The van der Waals surface area contributed by atoms with Crippen LogP contribution >= 0.6 is 0 Å². The van der Waals surface area contributed by atoms with E-state index in [0.717, 1.165) is 13.1 Å². The lowest BCUT2D eigenvalue weighted by Gasteiger charge is -2.24. The van der Waals surface area contributed by atoms with Crippen molar-refractivity contribution < 1.29 is 36.6 Å². The number of nitrogens with zero attached hydrogens (tertiary/aromatic N) is 2. The number of anilines is 2. The Hall–Kier alpha value is -5.68. The minimum atomic E-state index is -0.579. The first kappa shape index (κ1) is 34.8. The van der Waals surface area contributed by atoms with Crippen LogP contribution in [0, 0.1) is 23.3 Å². The Morgan fingerprint density at radius 3 is 1.44 bits per heavy atom. The largest absolute Gasteiger partial charge is 0.371 e. The monoisotopic (exact) mass is 716 g/mol. The lowest BCUT2D eigenvalue weighted by Crippen LogP contribution is -2.33. The minimum absolute atomic E-state index is 0.0424. The molecule has 4 heterocycles. The van der Waals surface area contributed by atoms with Crippen LogP contribution in [-0.4, -0.2) is 71.6 Å². The molecule has 2 amide bonds. The molecule has 2 atom stereocenters. The number of nitrogens with one attached hydrogen (secondary N) is 6. The van der Waals surface area contributed by atoms with E-state index in [0.29, 0.717) is 59.2 Å². The number of fused-ring (bicyclic) bond motifs is 2. The average molecular weight is 717 g/mol. The molecule has 2 aromatic heterocycles. The fourth-order valence-electron chi connectivity index (χ4n) is 5.92. The van der Waals surface area contributed by atoms with Crippen LogP contribution in [0.5, 0.6) is 0 Å². The average Bonchev–Trinajstić information content (AvgIpc) is 3.78. The van der Waals surface area contributed by atoms with Gasteiger partial charge in [0.1, 0.15) is 23.3 Å². The summed E-state index contributed by atoms with van der Waals surface area (Å²) in [5.41, 5.74) is 2.43. The van der Waals surface area contributed by atoms with E-state index >= 15 is 0 Å². The van der Waals surface area contributed by atoms with Crippen LogP contribution in [0.3, 0.4) is 0 Å². The highest BCUT2D eigenvalue weighted by Crippen LogP contribution is 2.27. The van der Waals surface area contributed by atoms with Gasteiger partial charge in [0.15, 0.2) is 11.4 Å². The van der Waals surface area contributed by atoms with Gasteiger partial charge in [-0.3, -0.25) is 19.8 Å². The van der Waals surface area contributed by atoms with Crippen molar-refractivity contribution in [3.05, 3.63) is 119 Å². The molecule has 0 spiro atoms. The molecule has 12 nitrogen and oxygen atoms in total. The third kappa shape index (κ3) is 7.64. The Bertz CT molecular complexity index is 2090. The Morgan fingerprint density at radius 1 is 0.615 bits per heavy atom. The van der Waals surface area contributed by atoms with Crippen LogP contribution in [0.15, 0.2) is 72.8 Å². The number of H-pyrrole nitrogens is 2. The maximum absolute atomic E-state index is 14.4. The third-order valence-electron chi connectivity index (χ3n) is 8.56. The number of ether oxygens (including phenoxy) is 2. The zero-order chi connectivity index (χ0) is 36.2. The maximum Gasteiger partial charge on any atom is 0.276 e. The van der Waals surface area contributed by atoms with Crippen LogP contribution in [0.25, 0.3) is 21.8 Å². The Labute approximate surface area is 293 Å². The number of aromatic nitrogens is 4. The predicted molar refractivity (Wildman–Crippen MR) is 184 cm³/mol. The number of carbonyl (C=O) groups is 2. The molecule has 0 bridgehead atoms. The van der Waals surface area contributed by atoms with Gasteiger partial charge in [0, 0.05) is 37.0 Å². The molecule has 8 rings (SSSR count). The number of morpholine rings is 2. The first-order valence-electron chi connectivity index (χ1n) is 16.4. The molecule has 0 unspecified atom stereocenters. The molecular formula is C36H32F4N8O4. The first-order chi connectivity index (χ1) is 25.2. The molecule has 16 heteroatoms. The van der Waals surface area contributed by atoms with Gasteiger partial charge >= 0.3 is 0 Å². The highest BCUT2D eigenvalue weighted by molar-refractivity contribution is 6.12. The molecule has 2 fully saturated rings. The maximum atomic E-state index is 14.4. The van der Waals surface area contributed by atoms with E-state index in [2.05, 4.69) is 41.7 Å². The first-order valence-corrected chi connectivity index (χ1v) is 16.4. The zero-order valence-corrected chi connectivity index (χ0v) is 27.4. The standard InChI is InChI=1S/2C18H16F2N4O2/c2*19-11-2-3-12-15(8-11)23-24-17(12)18(25)22-14-4-1-10(7-13(14)20)16-9-21-5-6-26-16/h2*1-4,7-8,16,21H,5-6,9H2,(H,22,25)(H,23,24)/t2*16-/m10/s1. The molecule has 0 saturated carbocycles. The molecule has 4 aromatic carbocycles. The molecule has 268 valence electrons. The third-order valence-corrected chi connectivity index (χ3v) is 8.56. The van der Waals surface area contributed by atoms with E-state index in [1.165, 1.54) is 60.7 Å². The smallest absolute Gasteiger partial charge is 0.276 e.